The van der Waals surface area contributed by atoms with Crippen molar-refractivity contribution in [2.24, 2.45) is 0 Å². The molecule has 2 saturated heterocycles. The van der Waals surface area contributed by atoms with Crippen molar-refractivity contribution in [2.45, 2.75) is 13.8 Å². The zero-order chi connectivity index (χ0) is 26.8. The van der Waals surface area contributed by atoms with Gasteiger partial charge in [-0.25, -0.2) is 0 Å². The third kappa shape index (κ3) is 7.70. The summed E-state index contributed by atoms with van der Waals surface area (Å²) < 4.78 is 25.2. The van der Waals surface area contributed by atoms with Gasteiger partial charge in [-0.3, -0.25) is 0 Å². The van der Waals surface area contributed by atoms with E-state index >= 15 is 0 Å². The molecule has 2 heterocycles. The van der Waals surface area contributed by atoms with E-state index in [0.29, 0.717) is 13.2 Å². The molecule has 6 heteroatoms. The molecule has 0 bridgehead atoms. The first-order valence-electron chi connectivity index (χ1n) is 14.1. The number of rotatable bonds is 11. The molecule has 2 aromatic carbocycles. The van der Waals surface area contributed by atoms with Crippen molar-refractivity contribution in [2.75, 3.05) is 93.0 Å². The van der Waals surface area contributed by atoms with Gasteiger partial charge in [0.15, 0.2) is 0 Å². The minimum absolute atomic E-state index is 0.716. The Bertz CT molecular complexity index is 976. The zero-order valence-electron chi connectivity index (χ0n) is 23.8. The maximum Gasteiger partial charge on any atom is 0.137 e. The summed E-state index contributed by atoms with van der Waals surface area (Å²) >= 11 is 0. The molecular formula is C32H46N2O4+2. The quantitative estimate of drug-likeness (QED) is 0.311. The van der Waals surface area contributed by atoms with Gasteiger partial charge in [0, 0.05) is 0 Å². The van der Waals surface area contributed by atoms with Gasteiger partial charge >= 0.3 is 0 Å². The van der Waals surface area contributed by atoms with E-state index in [0.717, 1.165) is 86.2 Å². The van der Waals surface area contributed by atoms with E-state index in [9.17, 15) is 0 Å². The van der Waals surface area contributed by atoms with Gasteiger partial charge in [-0.15, -0.1) is 0 Å². The number of likely N-dealkylation sites (N-methyl/N-ethyl adjacent to an activating group) is 2. The van der Waals surface area contributed by atoms with Crippen LogP contribution in [0.1, 0.15) is 25.0 Å². The summed E-state index contributed by atoms with van der Waals surface area (Å²) in [6.07, 6.45) is 4.37. The van der Waals surface area contributed by atoms with Gasteiger partial charge in [-0.2, -0.15) is 0 Å². The molecule has 0 N–H and O–H groups in total. The molecule has 4 rings (SSSR count). The monoisotopic (exact) mass is 522 g/mol. The molecular weight excluding hydrogens is 476 g/mol. The predicted molar refractivity (Wildman–Crippen MR) is 154 cm³/mol. The third-order valence-corrected chi connectivity index (χ3v) is 8.10. The van der Waals surface area contributed by atoms with Gasteiger partial charge in [-0.1, -0.05) is 36.4 Å². The van der Waals surface area contributed by atoms with Gasteiger partial charge in [0.2, 0.25) is 0 Å². The molecule has 2 aliphatic heterocycles. The lowest BCUT2D eigenvalue weighted by atomic mass is 9.92. The maximum absolute atomic E-state index is 6.09. The minimum atomic E-state index is 0.716. The molecule has 206 valence electrons. The highest BCUT2D eigenvalue weighted by atomic mass is 16.5. The molecule has 0 aromatic heterocycles. The van der Waals surface area contributed by atoms with Gasteiger partial charge in [0.05, 0.1) is 40.5 Å². The summed E-state index contributed by atoms with van der Waals surface area (Å²) in [5, 5.41) is 0. The van der Waals surface area contributed by atoms with Crippen LogP contribution in [0.5, 0.6) is 11.5 Å². The Labute approximate surface area is 229 Å². The molecule has 0 aliphatic carbocycles. The first-order valence-corrected chi connectivity index (χ1v) is 14.1. The molecule has 0 amide bonds. The van der Waals surface area contributed by atoms with Crippen LogP contribution in [-0.4, -0.2) is 102 Å². The molecule has 0 unspecified atom stereocenters. The standard InChI is InChI=1S/C32H46N2O4/c1-5-31(27-7-11-29(12-8-27)37-25-19-33(3)15-21-35-22-16-33)32(6-2)28-9-13-30(14-10-28)38-26-20-34(4)17-23-36-24-18-34/h5-14H,15-26H2,1-4H3/q+2/b31-5-,32-6+. The van der Waals surface area contributed by atoms with Gasteiger partial charge in [-0.05, 0) is 60.4 Å². The number of hydrogen-bond acceptors (Lipinski definition) is 4. The molecule has 0 saturated carbocycles. The van der Waals surface area contributed by atoms with Crippen molar-refractivity contribution in [1.82, 2.24) is 0 Å². The highest BCUT2D eigenvalue weighted by molar-refractivity contribution is 6.04. The largest absolute Gasteiger partial charge is 0.488 e. The number of allylic oxidation sites excluding steroid dienone is 4. The lowest BCUT2D eigenvalue weighted by molar-refractivity contribution is -0.916. The second-order valence-electron chi connectivity index (χ2n) is 11.0. The van der Waals surface area contributed by atoms with Crippen LogP contribution in [0.4, 0.5) is 0 Å². The third-order valence-electron chi connectivity index (χ3n) is 8.10. The number of ether oxygens (including phenoxy) is 4. The topological polar surface area (TPSA) is 36.9 Å². The van der Waals surface area contributed by atoms with Gasteiger partial charge in [0.25, 0.3) is 0 Å². The van der Waals surface area contributed by atoms with E-state index in [2.05, 4.69) is 88.6 Å². The summed E-state index contributed by atoms with van der Waals surface area (Å²) in [5.74, 6) is 1.83. The summed E-state index contributed by atoms with van der Waals surface area (Å²) in [7, 11) is 4.58. The van der Waals surface area contributed by atoms with E-state index in [-0.39, 0.29) is 0 Å². The SMILES string of the molecule is C/C=C(\C(=C\C)c1ccc(OCC[N+]2(C)CCOCC2)cc1)c1ccc(OCC[N+]2(C)CCOCC2)cc1. The second-order valence-corrected chi connectivity index (χ2v) is 11.0. The van der Waals surface area contributed by atoms with Crippen LogP contribution in [0.2, 0.25) is 0 Å². The normalized spacial score (nSPS) is 19.7. The Morgan fingerprint density at radius 1 is 0.632 bits per heavy atom. The van der Waals surface area contributed by atoms with Crippen LogP contribution in [0.25, 0.3) is 11.1 Å². The lowest BCUT2D eigenvalue weighted by Gasteiger charge is -2.37. The molecule has 0 spiro atoms. The first kappa shape index (κ1) is 28.4. The van der Waals surface area contributed by atoms with Crippen LogP contribution in [-0.2, 0) is 9.47 Å². The molecule has 2 fully saturated rings. The van der Waals surface area contributed by atoms with Crippen LogP contribution < -0.4 is 9.47 Å². The number of benzene rings is 2. The lowest BCUT2D eigenvalue weighted by Crippen LogP contribution is -2.53. The molecule has 0 radical (unpaired) electrons. The molecule has 38 heavy (non-hydrogen) atoms. The maximum atomic E-state index is 6.09. The Morgan fingerprint density at radius 2 is 0.974 bits per heavy atom. The summed E-state index contributed by atoms with van der Waals surface area (Å²) in [6, 6.07) is 17.0. The van der Waals surface area contributed by atoms with Crippen molar-refractivity contribution in [1.29, 1.82) is 0 Å². The zero-order valence-corrected chi connectivity index (χ0v) is 23.8. The Kier molecular flexibility index (Phi) is 10.0. The van der Waals surface area contributed by atoms with E-state index in [1.807, 2.05) is 0 Å². The van der Waals surface area contributed by atoms with Crippen molar-refractivity contribution in [3.63, 3.8) is 0 Å². The fourth-order valence-corrected chi connectivity index (χ4v) is 5.20. The van der Waals surface area contributed by atoms with Crippen LogP contribution in [0.15, 0.2) is 60.7 Å². The smallest absolute Gasteiger partial charge is 0.137 e. The average Bonchev–Trinajstić information content (AvgIpc) is 2.93. The van der Waals surface area contributed by atoms with E-state index in [1.54, 1.807) is 0 Å². The highest BCUT2D eigenvalue weighted by Gasteiger charge is 2.26. The number of morpholine rings is 2. The summed E-state index contributed by atoms with van der Waals surface area (Å²) in [6.45, 7) is 15.2. The van der Waals surface area contributed by atoms with E-state index in [4.69, 9.17) is 18.9 Å². The van der Waals surface area contributed by atoms with Crippen LogP contribution in [0, 0.1) is 0 Å². The number of quaternary nitrogens is 2. The molecule has 6 nitrogen and oxygen atoms in total. The van der Waals surface area contributed by atoms with Gasteiger partial charge < -0.3 is 27.9 Å². The van der Waals surface area contributed by atoms with Crippen LogP contribution >= 0.6 is 0 Å². The number of hydrogen-bond donors (Lipinski definition) is 0. The average molecular weight is 523 g/mol. The Balaban J connectivity index is 1.32. The Hall–Kier alpha value is -2.64. The fourth-order valence-electron chi connectivity index (χ4n) is 5.20. The van der Waals surface area contributed by atoms with Crippen molar-refractivity contribution in [3.8, 4) is 11.5 Å². The first-order chi connectivity index (χ1) is 18.4. The summed E-state index contributed by atoms with van der Waals surface area (Å²) in [4.78, 5) is 0. The van der Waals surface area contributed by atoms with Crippen molar-refractivity contribution in [3.05, 3.63) is 71.8 Å². The van der Waals surface area contributed by atoms with Crippen LogP contribution in [0.3, 0.4) is 0 Å². The predicted octanol–water partition coefficient (Wildman–Crippen LogP) is 4.90. The number of nitrogens with zero attached hydrogens (tertiary/aromatic N) is 2. The van der Waals surface area contributed by atoms with Crippen molar-refractivity contribution >= 4 is 11.1 Å². The Morgan fingerprint density at radius 3 is 1.29 bits per heavy atom. The van der Waals surface area contributed by atoms with Crippen molar-refractivity contribution < 1.29 is 27.9 Å². The van der Waals surface area contributed by atoms with Gasteiger partial charge in [0.1, 0.15) is 64.0 Å². The fraction of sp³-hybridized carbons (Fsp3) is 0.500. The molecule has 2 aromatic rings. The summed E-state index contributed by atoms with van der Waals surface area (Å²) in [5.41, 5.74) is 4.79. The van der Waals surface area contributed by atoms with E-state index in [1.165, 1.54) is 22.3 Å². The molecule has 2 aliphatic rings. The minimum Gasteiger partial charge on any atom is -0.488 e. The second kappa shape index (κ2) is 13.4. The van der Waals surface area contributed by atoms with E-state index < -0.39 is 0 Å². The molecule has 0 atom stereocenters. The highest BCUT2D eigenvalue weighted by Crippen LogP contribution is 2.33.